The summed E-state index contributed by atoms with van der Waals surface area (Å²) in [5.41, 5.74) is -1.65. The van der Waals surface area contributed by atoms with Gasteiger partial charge in [0.25, 0.3) is 0 Å². The van der Waals surface area contributed by atoms with Gasteiger partial charge in [0.05, 0.1) is 6.61 Å². The van der Waals surface area contributed by atoms with Crippen LogP contribution in [-0.2, 0) is 0 Å². The topological polar surface area (TPSA) is 35.5 Å². The standard InChI is InChI=1S/C20H19F5O3/c1-2-3-4-5-6-11-27-12-7-9-13(10-8-12)28-20(26)14-15(21)17(23)19(25)18(24)16(14)22/h7-10H,2-6,11H2,1H3. The molecule has 0 aliphatic heterocycles. The van der Waals surface area contributed by atoms with Gasteiger partial charge in [-0.2, -0.15) is 0 Å². The van der Waals surface area contributed by atoms with Crippen molar-refractivity contribution in [3.05, 3.63) is 58.9 Å². The third kappa shape index (κ3) is 5.21. The number of ether oxygens (including phenoxy) is 2. The van der Waals surface area contributed by atoms with Gasteiger partial charge in [-0.25, -0.2) is 26.7 Å². The molecule has 8 heteroatoms. The zero-order chi connectivity index (χ0) is 20.7. The Balaban J connectivity index is 1.98. The summed E-state index contributed by atoms with van der Waals surface area (Å²) < 4.78 is 76.9. The summed E-state index contributed by atoms with van der Waals surface area (Å²) in [4.78, 5) is 11.9. The summed E-state index contributed by atoms with van der Waals surface area (Å²) in [6.07, 6.45) is 5.38. The molecule has 3 nitrogen and oxygen atoms in total. The predicted molar refractivity (Wildman–Crippen MR) is 91.9 cm³/mol. The predicted octanol–water partition coefficient (Wildman–Crippen LogP) is 5.95. The summed E-state index contributed by atoms with van der Waals surface area (Å²) in [6, 6.07) is 5.51. The molecular formula is C20H19F5O3. The molecule has 0 heterocycles. The highest BCUT2D eigenvalue weighted by Gasteiger charge is 2.30. The molecule has 0 N–H and O–H groups in total. The number of hydrogen-bond donors (Lipinski definition) is 0. The first-order valence-corrected chi connectivity index (χ1v) is 8.83. The second kappa shape index (κ2) is 10.1. The number of unbranched alkanes of at least 4 members (excludes halogenated alkanes) is 4. The van der Waals surface area contributed by atoms with Crippen LogP contribution >= 0.6 is 0 Å². The van der Waals surface area contributed by atoms with Crippen molar-refractivity contribution in [2.75, 3.05) is 6.61 Å². The number of halogens is 5. The van der Waals surface area contributed by atoms with E-state index in [1.807, 2.05) is 0 Å². The Labute approximate surface area is 159 Å². The van der Waals surface area contributed by atoms with Crippen LogP contribution in [0, 0.1) is 29.1 Å². The van der Waals surface area contributed by atoms with Crippen molar-refractivity contribution >= 4 is 5.97 Å². The quantitative estimate of drug-likeness (QED) is 0.130. The van der Waals surface area contributed by atoms with Crippen LogP contribution in [0.2, 0.25) is 0 Å². The van der Waals surface area contributed by atoms with Crippen LogP contribution in [-0.4, -0.2) is 12.6 Å². The van der Waals surface area contributed by atoms with Crippen LogP contribution in [0.15, 0.2) is 24.3 Å². The normalized spacial score (nSPS) is 10.8. The molecule has 0 atom stereocenters. The average Bonchev–Trinajstić information content (AvgIpc) is 2.69. The minimum Gasteiger partial charge on any atom is -0.494 e. The number of esters is 1. The van der Waals surface area contributed by atoms with Gasteiger partial charge < -0.3 is 9.47 Å². The smallest absolute Gasteiger partial charge is 0.349 e. The van der Waals surface area contributed by atoms with Gasteiger partial charge in [0.15, 0.2) is 23.3 Å². The average molecular weight is 402 g/mol. The molecule has 0 fully saturated rings. The first-order chi connectivity index (χ1) is 13.4. The van der Waals surface area contributed by atoms with E-state index in [2.05, 4.69) is 6.92 Å². The van der Waals surface area contributed by atoms with E-state index in [9.17, 15) is 26.7 Å². The number of carbonyl (C=O) groups excluding carboxylic acids is 1. The Morgan fingerprint density at radius 3 is 1.82 bits per heavy atom. The van der Waals surface area contributed by atoms with Gasteiger partial charge in [0.2, 0.25) is 5.82 Å². The molecule has 2 aromatic carbocycles. The van der Waals surface area contributed by atoms with Crippen molar-refractivity contribution in [1.29, 1.82) is 0 Å². The van der Waals surface area contributed by atoms with Gasteiger partial charge in [0, 0.05) is 0 Å². The van der Waals surface area contributed by atoms with Gasteiger partial charge in [-0.1, -0.05) is 32.6 Å². The van der Waals surface area contributed by atoms with Crippen LogP contribution in [0.1, 0.15) is 49.4 Å². The van der Waals surface area contributed by atoms with Crippen LogP contribution < -0.4 is 9.47 Å². The first kappa shape index (κ1) is 21.7. The van der Waals surface area contributed by atoms with E-state index in [1.54, 1.807) is 0 Å². The molecule has 0 aromatic heterocycles. The molecule has 0 radical (unpaired) electrons. The molecule has 28 heavy (non-hydrogen) atoms. The number of benzene rings is 2. The van der Waals surface area contributed by atoms with Crippen LogP contribution in [0.4, 0.5) is 22.0 Å². The van der Waals surface area contributed by atoms with Crippen molar-refractivity contribution in [1.82, 2.24) is 0 Å². The third-order valence-corrected chi connectivity index (χ3v) is 3.96. The number of hydrogen-bond acceptors (Lipinski definition) is 3. The van der Waals surface area contributed by atoms with Crippen molar-refractivity contribution < 1.29 is 36.2 Å². The number of carbonyl (C=O) groups is 1. The van der Waals surface area contributed by atoms with Crippen molar-refractivity contribution in [3.63, 3.8) is 0 Å². The lowest BCUT2D eigenvalue weighted by atomic mass is 10.1. The Hall–Kier alpha value is -2.64. The van der Waals surface area contributed by atoms with Gasteiger partial charge in [-0.3, -0.25) is 0 Å². The van der Waals surface area contributed by atoms with Crippen molar-refractivity contribution in [2.45, 2.75) is 39.0 Å². The molecule has 0 aliphatic carbocycles. The van der Waals surface area contributed by atoms with E-state index in [-0.39, 0.29) is 5.75 Å². The molecule has 0 amide bonds. The fraction of sp³-hybridized carbons (Fsp3) is 0.350. The SMILES string of the molecule is CCCCCCCOc1ccc(OC(=O)c2c(F)c(F)c(F)c(F)c2F)cc1. The second-order valence-corrected chi connectivity index (χ2v) is 6.07. The minimum atomic E-state index is -2.34. The van der Waals surface area contributed by atoms with E-state index in [0.29, 0.717) is 12.4 Å². The second-order valence-electron chi connectivity index (χ2n) is 6.07. The summed E-state index contributed by atoms with van der Waals surface area (Å²) >= 11 is 0. The van der Waals surface area contributed by atoms with E-state index in [0.717, 1.165) is 25.7 Å². The van der Waals surface area contributed by atoms with Gasteiger partial charge in [-0.05, 0) is 30.7 Å². The van der Waals surface area contributed by atoms with Crippen LogP contribution in [0.25, 0.3) is 0 Å². The maximum absolute atomic E-state index is 13.6. The number of rotatable bonds is 9. The molecule has 0 bridgehead atoms. The summed E-state index contributed by atoms with van der Waals surface area (Å²) in [5, 5.41) is 0. The fourth-order valence-electron chi connectivity index (χ4n) is 2.44. The lowest BCUT2D eigenvalue weighted by Crippen LogP contribution is -2.17. The lowest BCUT2D eigenvalue weighted by molar-refractivity contribution is 0.0720. The first-order valence-electron chi connectivity index (χ1n) is 8.83. The molecule has 0 unspecified atom stereocenters. The fourth-order valence-corrected chi connectivity index (χ4v) is 2.44. The van der Waals surface area contributed by atoms with Crippen molar-refractivity contribution in [2.24, 2.45) is 0 Å². The molecule has 0 saturated heterocycles. The van der Waals surface area contributed by atoms with Gasteiger partial charge in [0.1, 0.15) is 17.1 Å². The zero-order valence-electron chi connectivity index (χ0n) is 15.2. The Morgan fingerprint density at radius 1 is 0.750 bits per heavy atom. The molecule has 152 valence electrons. The summed E-state index contributed by atoms with van der Waals surface area (Å²) in [6.45, 7) is 2.63. The monoisotopic (exact) mass is 402 g/mol. The molecule has 2 rings (SSSR count). The Morgan fingerprint density at radius 2 is 1.25 bits per heavy atom. The summed E-state index contributed by atoms with van der Waals surface area (Å²) in [7, 11) is 0. The van der Waals surface area contributed by atoms with Crippen molar-refractivity contribution in [3.8, 4) is 11.5 Å². The van der Waals surface area contributed by atoms with Crippen LogP contribution in [0.3, 0.4) is 0 Å². The minimum absolute atomic E-state index is 0.135. The van der Waals surface area contributed by atoms with E-state index < -0.39 is 40.6 Å². The van der Waals surface area contributed by atoms with E-state index in [4.69, 9.17) is 9.47 Å². The lowest BCUT2D eigenvalue weighted by Gasteiger charge is -2.09. The highest BCUT2D eigenvalue weighted by atomic mass is 19.2. The van der Waals surface area contributed by atoms with E-state index >= 15 is 0 Å². The molecule has 2 aromatic rings. The molecule has 0 aliphatic rings. The largest absolute Gasteiger partial charge is 0.494 e. The Kier molecular flexibility index (Phi) is 7.78. The maximum atomic E-state index is 13.6. The maximum Gasteiger partial charge on any atom is 0.349 e. The highest BCUT2D eigenvalue weighted by molar-refractivity contribution is 5.91. The van der Waals surface area contributed by atoms with Gasteiger partial charge >= 0.3 is 5.97 Å². The molecule has 0 saturated carbocycles. The third-order valence-electron chi connectivity index (χ3n) is 3.96. The molecular weight excluding hydrogens is 383 g/mol. The molecule has 0 spiro atoms. The zero-order valence-corrected chi connectivity index (χ0v) is 15.2. The van der Waals surface area contributed by atoms with Crippen LogP contribution in [0.5, 0.6) is 11.5 Å². The Bertz CT molecular complexity index is 793. The van der Waals surface area contributed by atoms with E-state index in [1.165, 1.54) is 30.7 Å². The van der Waals surface area contributed by atoms with Gasteiger partial charge in [-0.15, -0.1) is 0 Å². The summed E-state index contributed by atoms with van der Waals surface area (Å²) in [5.74, 6) is -12.6. The highest BCUT2D eigenvalue weighted by Crippen LogP contribution is 2.25.